The summed E-state index contributed by atoms with van der Waals surface area (Å²) in [6.45, 7) is 3.87. The van der Waals surface area contributed by atoms with Gasteiger partial charge in [0.05, 0.1) is 0 Å². The highest BCUT2D eigenvalue weighted by atomic mass is 16.4. The van der Waals surface area contributed by atoms with Crippen LogP contribution in [0.1, 0.15) is 52.4 Å². The second-order valence-electron chi connectivity index (χ2n) is 4.64. The van der Waals surface area contributed by atoms with E-state index in [1.54, 1.807) is 6.92 Å². The summed E-state index contributed by atoms with van der Waals surface area (Å²) in [6, 6.07) is -0.0340. The zero-order valence-electron chi connectivity index (χ0n) is 9.83. The molecule has 1 rings (SSSR count). The van der Waals surface area contributed by atoms with Crippen LogP contribution in [0.4, 0.5) is 0 Å². The van der Waals surface area contributed by atoms with E-state index in [1.807, 2.05) is 0 Å². The first-order valence-electron chi connectivity index (χ1n) is 6.14. The van der Waals surface area contributed by atoms with Crippen molar-refractivity contribution in [3.63, 3.8) is 0 Å². The molecule has 1 aliphatic rings. The molecule has 2 N–H and O–H groups in total. The molecule has 3 nitrogen and oxygen atoms in total. The number of carbonyl (C=O) groups is 1. The van der Waals surface area contributed by atoms with Crippen LogP contribution >= 0.6 is 0 Å². The van der Waals surface area contributed by atoms with Crippen LogP contribution in [-0.2, 0) is 4.79 Å². The average Bonchev–Trinajstić information content (AvgIpc) is 2.26. The fourth-order valence-electron chi connectivity index (χ4n) is 2.52. The van der Waals surface area contributed by atoms with Crippen molar-refractivity contribution in [1.29, 1.82) is 0 Å². The Labute approximate surface area is 92.3 Å². The summed E-state index contributed by atoms with van der Waals surface area (Å²) in [4.78, 5) is 10.8. The lowest BCUT2D eigenvalue weighted by molar-refractivity contribution is -0.139. The number of hydrogen-bond acceptors (Lipinski definition) is 2. The van der Waals surface area contributed by atoms with E-state index in [4.69, 9.17) is 5.11 Å². The lowest BCUT2D eigenvalue weighted by atomic mass is 9.82. The van der Waals surface area contributed by atoms with Crippen LogP contribution in [0.5, 0.6) is 0 Å². The number of aliphatic carboxylic acids is 1. The van der Waals surface area contributed by atoms with E-state index in [0.717, 1.165) is 6.42 Å². The van der Waals surface area contributed by atoms with E-state index < -0.39 is 12.0 Å². The monoisotopic (exact) mass is 213 g/mol. The van der Waals surface area contributed by atoms with Crippen molar-refractivity contribution < 1.29 is 9.90 Å². The Balaban J connectivity index is 2.43. The van der Waals surface area contributed by atoms with Crippen molar-refractivity contribution in [2.75, 3.05) is 0 Å². The van der Waals surface area contributed by atoms with Gasteiger partial charge in [-0.25, -0.2) is 0 Å². The minimum Gasteiger partial charge on any atom is -0.480 e. The quantitative estimate of drug-likeness (QED) is 0.737. The van der Waals surface area contributed by atoms with Crippen molar-refractivity contribution >= 4 is 5.97 Å². The summed E-state index contributed by atoms with van der Waals surface area (Å²) >= 11 is 0. The smallest absolute Gasteiger partial charge is 0.320 e. The first-order valence-corrected chi connectivity index (χ1v) is 6.14. The lowest BCUT2D eigenvalue weighted by Crippen LogP contribution is -2.45. The van der Waals surface area contributed by atoms with E-state index in [9.17, 15) is 4.79 Å². The Kier molecular flexibility index (Phi) is 5.09. The number of nitrogens with one attached hydrogen (secondary N) is 1. The highest BCUT2D eigenvalue weighted by Crippen LogP contribution is 2.27. The van der Waals surface area contributed by atoms with Crippen molar-refractivity contribution in [3.05, 3.63) is 0 Å². The van der Waals surface area contributed by atoms with Crippen molar-refractivity contribution in [1.82, 2.24) is 5.32 Å². The molecule has 0 aromatic rings. The van der Waals surface area contributed by atoms with E-state index in [1.165, 1.54) is 32.1 Å². The molecule has 0 aromatic heterocycles. The van der Waals surface area contributed by atoms with Gasteiger partial charge in [-0.3, -0.25) is 4.79 Å². The van der Waals surface area contributed by atoms with E-state index in [0.29, 0.717) is 12.0 Å². The Hall–Kier alpha value is -0.570. The van der Waals surface area contributed by atoms with Crippen molar-refractivity contribution in [2.45, 2.75) is 64.5 Å². The number of hydrogen-bond donors (Lipinski definition) is 2. The summed E-state index contributed by atoms with van der Waals surface area (Å²) in [7, 11) is 0. The largest absolute Gasteiger partial charge is 0.480 e. The molecule has 1 saturated carbocycles. The maximum atomic E-state index is 10.8. The van der Waals surface area contributed by atoms with Crippen LogP contribution in [0.15, 0.2) is 0 Å². The molecule has 2 unspecified atom stereocenters. The molecule has 3 heteroatoms. The van der Waals surface area contributed by atoms with Gasteiger partial charge in [-0.15, -0.1) is 0 Å². The maximum absolute atomic E-state index is 10.8. The number of rotatable bonds is 5. The van der Waals surface area contributed by atoms with Gasteiger partial charge < -0.3 is 10.4 Å². The first-order chi connectivity index (χ1) is 7.15. The molecule has 2 atom stereocenters. The molecule has 0 saturated heterocycles. The number of carboxylic acid groups (broad SMARTS) is 1. The normalized spacial score (nSPS) is 22.3. The highest BCUT2D eigenvalue weighted by molar-refractivity contribution is 5.72. The van der Waals surface area contributed by atoms with Crippen molar-refractivity contribution in [3.8, 4) is 0 Å². The molecule has 1 fully saturated rings. The molecular formula is C12H23NO2. The summed E-state index contributed by atoms with van der Waals surface area (Å²) < 4.78 is 0. The lowest BCUT2D eigenvalue weighted by Gasteiger charge is -2.31. The Morgan fingerprint density at radius 3 is 2.47 bits per heavy atom. The minimum absolute atomic E-state index is 0.386. The highest BCUT2D eigenvalue weighted by Gasteiger charge is 2.24. The molecule has 0 aliphatic heterocycles. The van der Waals surface area contributed by atoms with Gasteiger partial charge in [0.25, 0.3) is 0 Å². The van der Waals surface area contributed by atoms with Gasteiger partial charge in [-0.2, -0.15) is 0 Å². The summed E-state index contributed by atoms with van der Waals surface area (Å²) in [5, 5.41) is 12.1. The molecule has 0 spiro atoms. The fraction of sp³-hybridized carbons (Fsp3) is 0.917. The third-order valence-corrected chi connectivity index (χ3v) is 3.49. The van der Waals surface area contributed by atoms with Gasteiger partial charge in [0.1, 0.15) is 6.04 Å². The zero-order valence-corrected chi connectivity index (χ0v) is 9.83. The van der Waals surface area contributed by atoms with Gasteiger partial charge in [0, 0.05) is 6.04 Å². The maximum Gasteiger partial charge on any atom is 0.320 e. The number of carboxylic acids is 1. The van der Waals surface area contributed by atoms with Crippen LogP contribution in [0, 0.1) is 5.92 Å². The van der Waals surface area contributed by atoms with Crippen LogP contribution in [-0.4, -0.2) is 23.2 Å². The third-order valence-electron chi connectivity index (χ3n) is 3.49. The molecule has 0 radical (unpaired) electrons. The molecule has 0 bridgehead atoms. The predicted molar refractivity (Wildman–Crippen MR) is 60.9 cm³/mol. The Morgan fingerprint density at radius 2 is 2.00 bits per heavy atom. The molecule has 1 aliphatic carbocycles. The SMILES string of the molecule is CCC(NC(C)C(=O)O)C1CCCCC1. The fourth-order valence-corrected chi connectivity index (χ4v) is 2.52. The zero-order chi connectivity index (χ0) is 11.3. The minimum atomic E-state index is -0.746. The molecule has 0 amide bonds. The first kappa shape index (κ1) is 12.5. The molecule has 0 heterocycles. The summed E-state index contributed by atoms with van der Waals surface area (Å²) in [5.74, 6) is -0.0604. The van der Waals surface area contributed by atoms with Crippen LogP contribution in [0.25, 0.3) is 0 Å². The van der Waals surface area contributed by atoms with Gasteiger partial charge >= 0.3 is 5.97 Å². The van der Waals surface area contributed by atoms with Gasteiger partial charge in [0.15, 0.2) is 0 Å². The standard InChI is InChI=1S/C12H23NO2/c1-3-11(13-9(2)12(14)15)10-7-5-4-6-8-10/h9-11,13H,3-8H2,1-2H3,(H,14,15). The average molecular weight is 213 g/mol. The van der Waals surface area contributed by atoms with Crippen molar-refractivity contribution in [2.24, 2.45) is 5.92 Å². The van der Waals surface area contributed by atoms with Gasteiger partial charge in [0.2, 0.25) is 0 Å². The summed E-state index contributed by atoms with van der Waals surface area (Å²) in [6.07, 6.45) is 7.52. The van der Waals surface area contributed by atoms with Crippen LogP contribution in [0.2, 0.25) is 0 Å². The van der Waals surface area contributed by atoms with Gasteiger partial charge in [-0.05, 0) is 32.1 Å². The molecule has 15 heavy (non-hydrogen) atoms. The second-order valence-corrected chi connectivity index (χ2v) is 4.64. The van der Waals surface area contributed by atoms with Gasteiger partial charge in [-0.1, -0.05) is 26.2 Å². The topological polar surface area (TPSA) is 49.3 Å². The van der Waals surface area contributed by atoms with E-state index in [2.05, 4.69) is 12.2 Å². The Morgan fingerprint density at radius 1 is 1.40 bits per heavy atom. The van der Waals surface area contributed by atoms with Crippen LogP contribution in [0.3, 0.4) is 0 Å². The predicted octanol–water partition coefficient (Wildman–Crippen LogP) is 2.41. The Bertz CT molecular complexity index is 200. The second kappa shape index (κ2) is 6.11. The van der Waals surface area contributed by atoms with E-state index in [-0.39, 0.29) is 0 Å². The summed E-state index contributed by atoms with van der Waals surface area (Å²) in [5.41, 5.74) is 0. The molecular weight excluding hydrogens is 190 g/mol. The molecule has 0 aromatic carbocycles. The van der Waals surface area contributed by atoms with E-state index >= 15 is 0 Å². The van der Waals surface area contributed by atoms with Crippen LogP contribution < -0.4 is 5.32 Å². The molecule has 88 valence electrons. The third kappa shape index (κ3) is 3.82.